The number of anilines is 2. The van der Waals surface area contributed by atoms with Gasteiger partial charge in [-0.2, -0.15) is 0 Å². The average molecular weight is 1030 g/mol. The van der Waals surface area contributed by atoms with E-state index in [9.17, 15) is 9.59 Å². The first-order valence-corrected chi connectivity index (χ1v) is 22.8. The van der Waals surface area contributed by atoms with Gasteiger partial charge in [0.1, 0.15) is 9.67 Å². The molecule has 0 radical (unpaired) electrons. The molecule has 63 heavy (non-hydrogen) atoms. The van der Waals surface area contributed by atoms with Crippen LogP contribution in [0.2, 0.25) is 0 Å². The normalized spacial score (nSPS) is 10.4. The van der Waals surface area contributed by atoms with Crippen LogP contribution in [0.25, 0.3) is 22.5 Å². The third-order valence-corrected chi connectivity index (χ3v) is 12.0. The number of aromatic nitrogens is 8. The zero-order valence-corrected chi connectivity index (χ0v) is 40.1. The van der Waals surface area contributed by atoms with E-state index in [1.165, 1.54) is 43.6 Å². The first-order chi connectivity index (χ1) is 30.4. The maximum absolute atomic E-state index is 12.4. The highest BCUT2D eigenvalue weighted by molar-refractivity contribution is 14.1. The third kappa shape index (κ3) is 13.0. The van der Waals surface area contributed by atoms with Gasteiger partial charge in [-0.25, -0.2) is 24.9 Å². The number of carbonyl (C=O) groups is 2. The molecule has 0 fully saturated rings. The van der Waals surface area contributed by atoms with E-state index in [0.717, 1.165) is 43.6 Å². The predicted octanol–water partition coefficient (Wildman–Crippen LogP) is 10.9. The van der Waals surface area contributed by atoms with Crippen LogP contribution in [0, 0.1) is 35.9 Å². The Morgan fingerprint density at radius 2 is 1.16 bits per heavy atom. The Balaban J connectivity index is 0.000000180. The van der Waals surface area contributed by atoms with Crippen LogP contribution in [-0.2, 0) is 0 Å². The van der Waals surface area contributed by atoms with E-state index in [0.29, 0.717) is 37.8 Å². The van der Waals surface area contributed by atoms with Gasteiger partial charge in [0.05, 0.1) is 50.4 Å². The van der Waals surface area contributed by atoms with Crippen molar-refractivity contribution in [2.45, 2.75) is 37.6 Å². The number of thiazole rings is 2. The zero-order valence-electron chi connectivity index (χ0n) is 34.7. The maximum Gasteiger partial charge on any atom is 0.257 e. The summed E-state index contributed by atoms with van der Waals surface area (Å²) in [5.74, 6) is 0.652. The SMILES string of the molecule is COc1c[nH]c(=S)cn1.COc1cnc(Sc2cc(C)c(-c3csc(NC(=O)c4ccncc4)n3)c(C)c2)cn1.Cc1cc(I)cc(C)c1-c1csc(NC(=O)c2ccncc2)n1. The van der Waals surface area contributed by atoms with E-state index in [2.05, 4.69) is 125 Å². The summed E-state index contributed by atoms with van der Waals surface area (Å²) in [5.41, 5.74) is 9.61. The number of halogens is 1. The Morgan fingerprint density at radius 1 is 0.683 bits per heavy atom. The highest BCUT2D eigenvalue weighted by Crippen LogP contribution is 2.36. The van der Waals surface area contributed by atoms with Crippen LogP contribution in [0.4, 0.5) is 10.3 Å². The fourth-order valence-corrected chi connectivity index (χ4v) is 9.33. The van der Waals surface area contributed by atoms with Crippen molar-refractivity contribution in [2.75, 3.05) is 24.9 Å². The summed E-state index contributed by atoms with van der Waals surface area (Å²) < 4.78 is 11.7. The van der Waals surface area contributed by atoms with Gasteiger partial charge in [0, 0.05) is 66.3 Å². The molecule has 0 aliphatic carbocycles. The lowest BCUT2D eigenvalue weighted by atomic mass is 10.0. The number of nitrogens with one attached hydrogen (secondary N) is 3. The van der Waals surface area contributed by atoms with Gasteiger partial charge in [0.15, 0.2) is 10.3 Å². The number of benzene rings is 2. The molecule has 14 nitrogen and oxygen atoms in total. The van der Waals surface area contributed by atoms with E-state index in [1.807, 2.05) is 10.8 Å². The third-order valence-electron chi connectivity index (χ3n) is 8.74. The van der Waals surface area contributed by atoms with Crippen molar-refractivity contribution in [2.24, 2.45) is 0 Å². The molecule has 320 valence electrons. The maximum atomic E-state index is 12.4. The minimum absolute atomic E-state index is 0.177. The van der Waals surface area contributed by atoms with Crippen molar-refractivity contribution in [3.63, 3.8) is 0 Å². The standard InChI is InChI=1S/C22H19N5O2S2.C17H14IN3OS.C5H6N2OS/c1-13-8-16(31-19-11-24-18(29-3)10-25-19)9-14(2)20(13)17-12-30-22(26-17)27-21(28)15-4-6-23-7-5-15;1-10-7-13(18)8-11(2)15(10)14-9-23-17(20-14)21-16(22)12-3-5-19-6-4-12;1-8-4-2-7-5(9)3-6-4/h4-12H,1-3H3,(H,26,27,28);3-9H,1-2H3,(H,20,21,22);2-3H,1H3,(H,7,9). The van der Waals surface area contributed by atoms with Gasteiger partial charge in [-0.3, -0.25) is 30.2 Å². The molecule has 0 saturated carbocycles. The summed E-state index contributed by atoms with van der Waals surface area (Å²) in [5, 5.41) is 11.6. The number of carbonyl (C=O) groups excluding carboxylic acids is 2. The van der Waals surface area contributed by atoms with Gasteiger partial charge < -0.3 is 14.5 Å². The highest BCUT2D eigenvalue weighted by atomic mass is 127. The number of nitrogens with zero attached hydrogens (tertiary/aromatic N) is 7. The largest absolute Gasteiger partial charge is 0.480 e. The lowest BCUT2D eigenvalue weighted by molar-refractivity contribution is 0.101. The van der Waals surface area contributed by atoms with Crippen LogP contribution in [0.3, 0.4) is 0 Å². The number of methoxy groups -OCH3 is 2. The number of amides is 2. The fourth-order valence-electron chi connectivity index (χ4n) is 5.96. The first-order valence-electron chi connectivity index (χ1n) is 18.8. The highest BCUT2D eigenvalue weighted by Gasteiger charge is 2.16. The van der Waals surface area contributed by atoms with E-state index in [4.69, 9.17) is 21.7 Å². The Labute approximate surface area is 394 Å². The van der Waals surface area contributed by atoms with Crippen molar-refractivity contribution >= 4 is 91.3 Å². The van der Waals surface area contributed by atoms with Gasteiger partial charge >= 0.3 is 0 Å². The Bertz CT molecular complexity index is 2810. The summed E-state index contributed by atoms with van der Waals surface area (Å²) in [4.78, 5) is 57.8. The quantitative estimate of drug-likeness (QED) is 0.0870. The Hall–Kier alpha value is -6.00. The second-order valence-electron chi connectivity index (χ2n) is 13.3. The van der Waals surface area contributed by atoms with Crippen molar-refractivity contribution < 1.29 is 19.1 Å². The Kier molecular flexibility index (Phi) is 16.5. The summed E-state index contributed by atoms with van der Waals surface area (Å²) in [7, 11) is 3.12. The van der Waals surface area contributed by atoms with Crippen molar-refractivity contribution in [3.8, 4) is 34.3 Å². The lowest BCUT2D eigenvalue weighted by Crippen LogP contribution is -2.11. The van der Waals surface area contributed by atoms with Gasteiger partial charge in [-0.05, 0) is 121 Å². The number of pyridine rings is 2. The lowest BCUT2D eigenvalue weighted by Gasteiger charge is -2.11. The van der Waals surface area contributed by atoms with E-state index in [1.54, 1.807) is 93.6 Å². The smallest absolute Gasteiger partial charge is 0.257 e. The molecule has 0 spiro atoms. The number of hydrogen-bond acceptors (Lipinski definition) is 15. The van der Waals surface area contributed by atoms with Gasteiger partial charge in [-0.15, -0.1) is 22.7 Å². The molecule has 6 aromatic heterocycles. The predicted molar refractivity (Wildman–Crippen MR) is 260 cm³/mol. The van der Waals surface area contributed by atoms with Gasteiger partial charge in [-0.1, -0.05) is 24.0 Å². The molecule has 8 aromatic rings. The molecule has 2 amide bonds. The molecule has 3 N–H and O–H groups in total. The molecule has 0 unspecified atom stereocenters. The molecule has 0 aliphatic rings. The van der Waals surface area contributed by atoms with Crippen molar-refractivity contribution in [1.82, 2.24) is 39.9 Å². The van der Waals surface area contributed by atoms with Crippen LogP contribution in [-0.4, -0.2) is 65.9 Å². The zero-order chi connectivity index (χ0) is 44.9. The second-order valence-corrected chi connectivity index (χ2v) is 17.8. The molecule has 19 heteroatoms. The number of aryl methyl sites for hydroxylation is 4. The van der Waals surface area contributed by atoms with Crippen molar-refractivity contribution in [3.05, 3.63) is 150 Å². The van der Waals surface area contributed by atoms with Gasteiger partial charge in [0.25, 0.3) is 11.8 Å². The molecule has 2 aromatic carbocycles. The first kappa shape index (κ1) is 46.5. The number of rotatable bonds is 10. The molecule has 8 rings (SSSR count). The number of aromatic amines is 1. The van der Waals surface area contributed by atoms with Gasteiger partial charge in [0.2, 0.25) is 11.8 Å². The topological polar surface area (TPSA) is 183 Å². The monoisotopic (exact) mass is 1030 g/mol. The van der Waals surface area contributed by atoms with Crippen LogP contribution in [0.5, 0.6) is 11.8 Å². The molecule has 0 saturated heterocycles. The van der Waals surface area contributed by atoms with E-state index in [-0.39, 0.29) is 11.8 Å². The molecule has 0 atom stereocenters. The number of ether oxygens (including phenoxy) is 2. The van der Waals surface area contributed by atoms with E-state index >= 15 is 0 Å². The van der Waals surface area contributed by atoms with E-state index < -0.39 is 0 Å². The fraction of sp³-hybridized carbons (Fsp3) is 0.136. The number of H-pyrrole nitrogens is 1. The second kappa shape index (κ2) is 22.4. The summed E-state index contributed by atoms with van der Waals surface area (Å²) >= 11 is 11.4. The van der Waals surface area contributed by atoms with Crippen LogP contribution < -0.4 is 20.1 Å². The minimum atomic E-state index is -0.205. The molecular weight excluding hydrogens is 988 g/mol. The van der Waals surface area contributed by atoms with Crippen LogP contribution in [0.15, 0.2) is 119 Å². The van der Waals surface area contributed by atoms with Crippen LogP contribution >= 0.6 is 69.2 Å². The minimum Gasteiger partial charge on any atom is -0.480 e. The molecular formula is C44H39IN10O4S4. The Morgan fingerprint density at radius 3 is 1.59 bits per heavy atom. The van der Waals surface area contributed by atoms with Crippen LogP contribution in [0.1, 0.15) is 43.0 Å². The molecule has 0 bridgehead atoms. The summed E-state index contributed by atoms with van der Waals surface area (Å²) in [6.45, 7) is 8.28. The average Bonchev–Trinajstić information content (AvgIpc) is 3.94. The molecule has 0 aliphatic heterocycles. The summed E-state index contributed by atoms with van der Waals surface area (Å²) in [6.07, 6.45) is 12.8. The van der Waals surface area contributed by atoms with Crippen molar-refractivity contribution in [1.29, 1.82) is 0 Å². The number of hydrogen-bond donors (Lipinski definition) is 3. The summed E-state index contributed by atoms with van der Waals surface area (Å²) in [6, 6.07) is 15.2. The molecule has 6 heterocycles.